The van der Waals surface area contributed by atoms with Crippen LogP contribution in [0.2, 0.25) is 0 Å². The van der Waals surface area contributed by atoms with Gasteiger partial charge in [-0.05, 0) is 98.9 Å². The van der Waals surface area contributed by atoms with E-state index >= 15 is 0 Å². The fourth-order valence-electron chi connectivity index (χ4n) is 6.58. The van der Waals surface area contributed by atoms with Crippen molar-refractivity contribution in [2.24, 2.45) is 11.8 Å². The maximum Gasteiger partial charge on any atom is 0.416 e. The Morgan fingerprint density at radius 3 is 1.89 bits per heavy atom. The first kappa shape index (κ1) is 46.4. The number of hydrogen-bond acceptors (Lipinski definition) is 8. The van der Waals surface area contributed by atoms with Gasteiger partial charge in [-0.25, -0.2) is 18.4 Å². The summed E-state index contributed by atoms with van der Waals surface area (Å²) < 4.78 is 154. The summed E-state index contributed by atoms with van der Waals surface area (Å²) in [6.07, 6.45) is -9.27. The number of sulfone groups is 1. The third kappa shape index (κ3) is 13.0. The third-order valence-electron chi connectivity index (χ3n) is 9.53. The molecule has 1 aliphatic carbocycles. The second kappa shape index (κ2) is 18.5. The maximum absolute atomic E-state index is 14.1. The Kier molecular flexibility index (Phi) is 15.3. The zero-order valence-corrected chi connectivity index (χ0v) is 32.1. The number of aromatic nitrogens is 2. The lowest BCUT2D eigenvalue weighted by Gasteiger charge is -2.36. The molecule has 2 aromatic carbocycles. The number of carboxylic acids is 1. The molecule has 4 rings (SSSR count). The molecule has 0 amide bonds. The Labute approximate surface area is 324 Å². The topological polar surface area (TPSA) is 113 Å². The van der Waals surface area contributed by atoms with Gasteiger partial charge in [0.15, 0.2) is 15.6 Å². The number of carboxylic acid groups (broad SMARTS) is 1. The molecule has 0 spiro atoms. The van der Waals surface area contributed by atoms with E-state index in [4.69, 9.17) is 4.74 Å². The lowest BCUT2D eigenvalue weighted by molar-refractivity contribution is -0.143. The number of benzene rings is 2. The van der Waals surface area contributed by atoms with Crippen molar-refractivity contribution in [3.8, 4) is 5.75 Å². The molecular weight excluding hydrogens is 807 g/mol. The smallest absolute Gasteiger partial charge is 0.416 e. The fraction of sp³-hybridized carbons (Fsp3) is 0.528. The predicted molar refractivity (Wildman–Crippen MR) is 193 cm³/mol. The average Bonchev–Trinajstić information content (AvgIpc) is 3.08. The Hall–Kier alpha value is -4.00. The van der Waals surface area contributed by atoms with Crippen LogP contribution in [0.4, 0.5) is 51.1 Å². The summed E-state index contributed by atoms with van der Waals surface area (Å²) in [5, 5.41) is 9.19. The van der Waals surface area contributed by atoms with E-state index in [2.05, 4.69) is 9.97 Å². The molecule has 20 heteroatoms. The molecule has 312 valence electrons. The monoisotopic (exact) mass is 848 g/mol. The predicted octanol–water partition coefficient (Wildman–Crippen LogP) is 9.25. The van der Waals surface area contributed by atoms with Gasteiger partial charge in [0.05, 0.1) is 40.9 Å². The largest absolute Gasteiger partial charge is 0.489 e. The van der Waals surface area contributed by atoms with Crippen LogP contribution in [0.1, 0.15) is 79.8 Å². The van der Waals surface area contributed by atoms with Crippen molar-refractivity contribution in [1.82, 2.24) is 9.97 Å². The number of halogens is 10. The van der Waals surface area contributed by atoms with Crippen LogP contribution in [0.3, 0.4) is 0 Å². The SMILES string of the molecule is CCN(CC1CCC(CC(=O)O)CC1)c1ccc(C(F)(F)F)cc1CN(c1ncc(OCCS(C)(=O)=O)cn1)[C@@H](C)c1cc(C(F)(F)F)cc(C(F)(F)F)c1.Cl. The first-order valence-electron chi connectivity index (χ1n) is 17.3. The second-order valence-corrected chi connectivity index (χ2v) is 16.0. The van der Waals surface area contributed by atoms with E-state index in [9.17, 15) is 57.8 Å². The van der Waals surface area contributed by atoms with Crippen LogP contribution < -0.4 is 14.5 Å². The van der Waals surface area contributed by atoms with Gasteiger partial charge in [-0.2, -0.15) is 39.5 Å². The average molecular weight is 849 g/mol. The van der Waals surface area contributed by atoms with E-state index in [0.29, 0.717) is 56.6 Å². The highest BCUT2D eigenvalue weighted by Gasteiger charge is 2.38. The second-order valence-electron chi connectivity index (χ2n) is 13.7. The van der Waals surface area contributed by atoms with Crippen LogP contribution >= 0.6 is 12.4 Å². The molecule has 0 aliphatic heterocycles. The molecule has 1 fully saturated rings. The molecule has 1 N–H and O–H groups in total. The van der Waals surface area contributed by atoms with Gasteiger partial charge >= 0.3 is 24.5 Å². The molecule has 3 aromatic rings. The van der Waals surface area contributed by atoms with E-state index in [1.54, 1.807) is 6.92 Å². The molecule has 0 bridgehead atoms. The highest BCUT2D eigenvalue weighted by Crippen LogP contribution is 2.41. The standard InChI is InChI=1S/C36H41F9N4O5S.ClH/c1-4-48(20-24-7-5-23(6-8-24)13-32(50)51)31-10-9-27(34(37,38)39)16-26(31)21-49(33-46-18-30(19-47-33)54-11-12-55(3,52)53)22(2)25-14-28(35(40,41)42)17-29(15-25)36(43,44)45;/h9-10,14-19,22-24H,4-8,11-13,20-21H2,1-3H3,(H,50,51);1H/t22-,23?,24?;/m0./s1. The van der Waals surface area contributed by atoms with Gasteiger partial charge in [0, 0.05) is 38.0 Å². The van der Waals surface area contributed by atoms with Crippen molar-refractivity contribution in [2.75, 3.05) is 41.5 Å². The summed E-state index contributed by atoms with van der Waals surface area (Å²) in [7, 11) is -3.40. The molecule has 56 heavy (non-hydrogen) atoms. The number of hydrogen-bond donors (Lipinski definition) is 1. The Morgan fingerprint density at radius 1 is 0.875 bits per heavy atom. The highest BCUT2D eigenvalue weighted by molar-refractivity contribution is 7.90. The Balaban J connectivity index is 0.00000841. The van der Waals surface area contributed by atoms with E-state index in [-0.39, 0.29) is 66.4 Å². The lowest BCUT2D eigenvalue weighted by atomic mass is 9.80. The zero-order chi connectivity index (χ0) is 40.9. The fourth-order valence-corrected chi connectivity index (χ4v) is 6.97. The van der Waals surface area contributed by atoms with Crippen molar-refractivity contribution < 1.29 is 62.6 Å². The minimum absolute atomic E-state index is 0. The van der Waals surface area contributed by atoms with E-state index in [0.717, 1.165) is 30.8 Å². The van der Waals surface area contributed by atoms with Crippen LogP contribution in [0.5, 0.6) is 5.75 Å². The van der Waals surface area contributed by atoms with Crippen LogP contribution in [-0.2, 0) is 39.7 Å². The van der Waals surface area contributed by atoms with Gasteiger partial charge in [-0.3, -0.25) is 4.79 Å². The molecule has 1 saturated carbocycles. The molecule has 0 radical (unpaired) electrons. The number of rotatable bonds is 15. The minimum atomic E-state index is -5.18. The van der Waals surface area contributed by atoms with Crippen molar-refractivity contribution in [2.45, 2.75) is 77.1 Å². The van der Waals surface area contributed by atoms with Gasteiger partial charge in [-0.1, -0.05) is 0 Å². The number of nitrogens with zero attached hydrogens (tertiary/aromatic N) is 4. The van der Waals surface area contributed by atoms with Crippen LogP contribution in [0.15, 0.2) is 48.8 Å². The molecule has 1 atom stereocenters. The highest BCUT2D eigenvalue weighted by atomic mass is 35.5. The molecule has 1 aliphatic rings. The number of anilines is 2. The number of alkyl halides is 9. The van der Waals surface area contributed by atoms with E-state index in [1.807, 2.05) is 4.90 Å². The van der Waals surface area contributed by atoms with Crippen LogP contribution in [0, 0.1) is 11.8 Å². The first-order valence-corrected chi connectivity index (χ1v) is 19.4. The molecule has 0 unspecified atom stereocenters. The summed E-state index contributed by atoms with van der Waals surface area (Å²) in [4.78, 5) is 22.6. The van der Waals surface area contributed by atoms with Gasteiger partial charge in [0.1, 0.15) is 6.61 Å². The number of carbonyl (C=O) groups is 1. The summed E-state index contributed by atoms with van der Waals surface area (Å²) in [5.74, 6) is -1.48. The molecule has 1 aromatic heterocycles. The Bertz CT molecular complexity index is 1860. The summed E-state index contributed by atoms with van der Waals surface area (Å²) in [6, 6.07) is 2.68. The normalized spacial score (nSPS) is 17.1. The van der Waals surface area contributed by atoms with Crippen LogP contribution in [0.25, 0.3) is 0 Å². The van der Waals surface area contributed by atoms with Crippen molar-refractivity contribution >= 4 is 39.8 Å². The Morgan fingerprint density at radius 2 is 1.41 bits per heavy atom. The zero-order valence-electron chi connectivity index (χ0n) is 30.5. The van der Waals surface area contributed by atoms with Crippen molar-refractivity contribution in [3.63, 3.8) is 0 Å². The third-order valence-corrected chi connectivity index (χ3v) is 10.4. The lowest BCUT2D eigenvalue weighted by Crippen LogP contribution is -2.34. The summed E-state index contributed by atoms with van der Waals surface area (Å²) >= 11 is 0. The van der Waals surface area contributed by atoms with E-state index < -0.39 is 69.2 Å². The summed E-state index contributed by atoms with van der Waals surface area (Å²) in [5.41, 5.74) is -4.33. The summed E-state index contributed by atoms with van der Waals surface area (Å²) in [6.45, 7) is 2.98. The van der Waals surface area contributed by atoms with Gasteiger partial charge < -0.3 is 19.6 Å². The van der Waals surface area contributed by atoms with Crippen molar-refractivity contribution in [1.29, 1.82) is 0 Å². The molecule has 0 saturated heterocycles. The van der Waals surface area contributed by atoms with Crippen LogP contribution in [-0.4, -0.2) is 61.2 Å². The number of ether oxygens (including phenoxy) is 1. The van der Waals surface area contributed by atoms with Gasteiger partial charge in [-0.15, -0.1) is 12.4 Å². The van der Waals surface area contributed by atoms with Gasteiger partial charge in [0.2, 0.25) is 5.95 Å². The number of aliphatic carboxylic acids is 1. The first-order chi connectivity index (χ1) is 25.4. The minimum Gasteiger partial charge on any atom is -0.489 e. The van der Waals surface area contributed by atoms with Crippen molar-refractivity contribution in [3.05, 3.63) is 76.6 Å². The molecule has 9 nitrogen and oxygen atoms in total. The van der Waals surface area contributed by atoms with Gasteiger partial charge in [0.25, 0.3) is 0 Å². The van der Waals surface area contributed by atoms with E-state index in [1.165, 1.54) is 17.9 Å². The molecule has 1 heterocycles. The maximum atomic E-state index is 14.1. The molecular formula is C36H42ClF9N4O5S. The quantitative estimate of drug-likeness (QED) is 0.150.